The lowest BCUT2D eigenvalue weighted by Gasteiger charge is -2.30. The van der Waals surface area contributed by atoms with E-state index in [1.54, 1.807) is 0 Å². The van der Waals surface area contributed by atoms with Crippen molar-refractivity contribution in [2.45, 2.75) is 51.5 Å². The molecular weight excluding hydrogens is 287 g/mol. The number of hydrogen-bond acceptors (Lipinski definition) is 1. The highest BCUT2D eigenvalue weighted by Crippen LogP contribution is 2.36. The van der Waals surface area contributed by atoms with E-state index in [1.165, 1.54) is 44.2 Å². The Morgan fingerprint density at radius 1 is 1.29 bits per heavy atom. The van der Waals surface area contributed by atoms with Crippen molar-refractivity contribution in [3.63, 3.8) is 0 Å². The van der Waals surface area contributed by atoms with Gasteiger partial charge in [0.2, 0.25) is 0 Å². The lowest BCUT2D eigenvalue weighted by Crippen LogP contribution is -2.19. The van der Waals surface area contributed by atoms with Crippen LogP contribution >= 0.6 is 11.6 Å². The minimum atomic E-state index is -0.223. The highest BCUT2D eigenvalue weighted by molar-refractivity contribution is 6.17. The van der Waals surface area contributed by atoms with Crippen molar-refractivity contribution < 1.29 is 4.39 Å². The minimum Gasteiger partial charge on any atom is -0.325 e. The van der Waals surface area contributed by atoms with Crippen LogP contribution in [0.4, 0.5) is 4.39 Å². The SMILES string of the molecule is CCC1CCC(n2c(CCCl)nc3cc(F)ccc32)CC1. The minimum absolute atomic E-state index is 0.223. The van der Waals surface area contributed by atoms with Crippen LogP contribution in [-0.2, 0) is 6.42 Å². The van der Waals surface area contributed by atoms with E-state index in [1.807, 2.05) is 6.07 Å². The Balaban J connectivity index is 1.97. The average Bonchev–Trinajstić information content (AvgIpc) is 2.85. The largest absolute Gasteiger partial charge is 0.325 e. The first kappa shape index (κ1) is 14.8. The number of halogens is 2. The lowest BCUT2D eigenvalue weighted by molar-refractivity contribution is 0.270. The fourth-order valence-corrected chi connectivity index (χ4v) is 3.77. The third kappa shape index (κ3) is 2.94. The number of rotatable bonds is 4. The van der Waals surface area contributed by atoms with Gasteiger partial charge in [0.25, 0.3) is 0 Å². The number of benzene rings is 1. The standard InChI is InChI=1S/C17H22ClFN2/c1-2-12-3-6-14(7-4-12)21-16-8-5-13(19)11-15(16)20-17(21)9-10-18/h5,8,11-12,14H,2-4,6-7,9-10H2,1H3. The zero-order chi connectivity index (χ0) is 14.8. The zero-order valence-electron chi connectivity index (χ0n) is 12.5. The number of imidazole rings is 1. The summed E-state index contributed by atoms with van der Waals surface area (Å²) in [4.78, 5) is 4.62. The molecule has 1 aromatic heterocycles. The van der Waals surface area contributed by atoms with Gasteiger partial charge in [0, 0.05) is 24.4 Å². The Morgan fingerprint density at radius 3 is 2.71 bits per heavy atom. The van der Waals surface area contributed by atoms with Crippen LogP contribution < -0.4 is 0 Å². The average molecular weight is 309 g/mol. The molecule has 1 aromatic carbocycles. The molecular formula is C17H22ClFN2. The molecule has 1 saturated carbocycles. The molecule has 4 heteroatoms. The van der Waals surface area contributed by atoms with Crippen LogP contribution in [-0.4, -0.2) is 15.4 Å². The fourth-order valence-electron chi connectivity index (χ4n) is 3.60. The van der Waals surface area contributed by atoms with E-state index in [2.05, 4.69) is 16.5 Å². The summed E-state index contributed by atoms with van der Waals surface area (Å²) in [5.41, 5.74) is 1.81. The molecule has 114 valence electrons. The summed E-state index contributed by atoms with van der Waals surface area (Å²) in [5, 5.41) is 0. The second-order valence-corrected chi connectivity index (χ2v) is 6.43. The highest BCUT2D eigenvalue weighted by atomic mass is 35.5. The van der Waals surface area contributed by atoms with Gasteiger partial charge >= 0.3 is 0 Å². The van der Waals surface area contributed by atoms with Crippen LogP contribution in [0.2, 0.25) is 0 Å². The molecule has 21 heavy (non-hydrogen) atoms. The van der Waals surface area contributed by atoms with Crippen LogP contribution in [0.15, 0.2) is 18.2 Å². The molecule has 0 radical (unpaired) electrons. The third-order valence-electron chi connectivity index (χ3n) is 4.80. The Morgan fingerprint density at radius 2 is 2.05 bits per heavy atom. The van der Waals surface area contributed by atoms with Gasteiger partial charge in [-0.1, -0.05) is 13.3 Å². The molecule has 0 saturated heterocycles. The maximum Gasteiger partial charge on any atom is 0.125 e. The lowest BCUT2D eigenvalue weighted by atomic mass is 9.84. The molecule has 0 bridgehead atoms. The van der Waals surface area contributed by atoms with Gasteiger partial charge < -0.3 is 4.57 Å². The Hall–Kier alpha value is -1.09. The molecule has 0 atom stereocenters. The Kier molecular flexibility index (Phi) is 4.48. The summed E-state index contributed by atoms with van der Waals surface area (Å²) in [5.74, 6) is 2.20. The van der Waals surface area contributed by atoms with Crippen LogP contribution in [0.5, 0.6) is 0 Å². The Labute approximate surface area is 130 Å². The molecule has 3 rings (SSSR count). The second-order valence-electron chi connectivity index (χ2n) is 6.05. The van der Waals surface area contributed by atoms with Crippen molar-refractivity contribution in [1.82, 2.24) is 9.55 Å². The van der Waals surface area contributed by atoms with E-state index in [9.17, 15) is 4.39 Å². The summed E-state index contributed by atoms with van der Waals surface area (Å²) in [6, 6.07) is 5.41. The van der Waals surface area contributed by atoms with E-state index in [-0.39, 0.29) is 5.82 Å². The predicted molar refractivity (Wildman–Crippen MR) is 85.4 cm³/mol. The van der Waals surface area contributed by atoms with Crippen molar-refractivity contribution in [2.24, 2.45) is 5.92 Å². The zero-order valence-corrected chi connectivity index (χ0v) is 13.2. The van der Waals surface area contributed by atoms with Gasteiger partial charge in [0.15, 0.2) is 0 Å². The van der Waals surface area contributed by atoms with E-state index in [0.717, 1.165) is 29.2 Å². The first-order valence-electron chi connectivity index (χ1n) is 7.95. The molecule has 0 N–H and O–H groups in total. The number of fused-ring (bicyclic) bond motifs is 1. The quantitative estimate of drug-likeness (QED) is 0.719. The molecule has 1 aliphatic carbocycles. The molecule has 2 nitrogen and oxygen atoms in total. The van der Waals surface area contributed by atoms with E-state index in [4.69, 9.17) is 11.6 Å². The molecule has 0 aliphatic heterocycles. The molecule has 1 heterocycles. The van der Waals surface area contributed by atoms with E-state index in [0.29, 0.717) is 11.9 Å². The van der Waals surface area contributed by atoms with Crippen molar-refractivity contribution in [2.75, 3.05) is 5.88 Å². The van der Waals surface area contributed by atoms with Crippen LogP contribution in [0, 0.1) is 11.7 Å². The maximum atomic E-state index is 13.4. The first-order chi connectivity index (χ1) is 10.2. The van der Waals surface area contributed by atoms with Crippen LogP contribution in [0.25, 0.3) is 11.0 Å². The summed E-state index contributed by atoms with van der Waals surface area (Å²) in [6.45, 7) is 2.28. The van der Waals surface area contributed by atoms with E-state index >= 15 is 0 Å². The summed E-state index contributed by atoms with van der Waals surface area (Å²) >= 11 is 5.92. The smallest absolute Gasteiger partial charge is 0.125 e. The van der Waals surface area contributed by atoms with Gasteiger partial charge in [0.05, 0.1) is 11.0 Å². The molecule has 0 spiro atoms. The topological polar surface area (TPSA) is 17.8 Å². The van der Waals surface area contributed by atoms with Crippen molar-refractivity contribution in [1.29, 1.82) is 0 Å². The van der Waals surface area contributed by atoms with Crippen molar-refractivity contribution >= 4 is 22.6 Å². The number of hydrogen-bond donors (Lipinski definition) is 0. The molecule has 0 amide bonds. The molecule has 0 unspecified atom stereocenters. The van der Waals surface area contributed by atoms with Crippen LogP contribution in [0.3, 0.4) is 0 Å². The maximum absolute atomic E-state index is 13.4. The predicted octanol–water partition coefficient (Wildman–Crippen LogP) is 5.10. The van der Waals surface area contributed by atoms with Gasteiger partial charge in [-0.05, 0) is 43.7 Å². The van der Waals surface area contributed by atoms with Crippen molar-refractivity contribution in [3.05, 3.63) is 29.8 Å². The number of alkyl halides is 1. The number of aryl methyl sites for hydroxylation is 1. The summed E-state index contributed by atoms with van der Waals surface area (Å²) in [6.07, 6.45) is 6.96. The first-order valence-corrected chi connectivity index (χ1v) is 8.48. The summed E-state index contributed by atoms with van der Waals surface area (Å²) in [7, 11) is 0. The number of aromatic nitrogens is 2. The second kappa shape index (κ2) is 6.35. The molecule has 1 fully saturated rings. The van der Waals surface area contributed by atoms with Gasteiger partial charge in [-0.3, -0.25) is 0 Å². The Bertz CT molecular complexity index is 615. The third-order valence-corrected chi connectivity index (χ3v) is 4.99. The highest BCUT2D eigenvalue weighted by Gasteiger charge is 2.24. The van der Waals surface area contributed by atoms with Crippen LogP contribution in [0.1, 0.15) is 50.9 Å². The van der Waals surface area contributed by atoms with Gasteiger partial charge in [-0.2, -0.15) is 0 Å². The molecule has 1 aliphatic rings. The number of nitrogens with zero attached hydrogens (tertiary/aromatic N) is 2. The van der Waals surface area contributed by atoms with Gasteiger partial charge in [-0.25, -0.2) is 9.37 Å². The van der Waals surface area contributed by atoms with Gasteiger partial charge in [-0.15, -0.1) is 11.6 Å². The summed E-state index contributed by atoms with van der Waals surface area (Å²) < 4.78 is 15.7. The molecule has 2 aromatic rings. The fraction of sp³-hybridized carbons (Fsp3) is 0.588. The van der Waals surface area contributed by atoms with E-state index < -0.39 is 0 Å². The monoisotopic (exact) mass is 308 g/mol. The normalized spacial score (nSPS) is 22.8. The van der Waals surface area contributed by atoms with Crippen molar-refractivity contribution in [3.8, 4) is 0 Å². The van der Waals surface area contributed by atoms with Gasteiger partial charge in [0.1, 0.15) is 11.6 Å².